The molecule has 0 aliphatic carbocycles. The third-order valence-corrected chi connectivity index (χ3v) is 4.09. The van der Waals surface area contributed by atoms with Gasteiger partial charge in [-0.05, 0) is 24.6 Å². The van der Waals surface area contributed by atoms with Crippen molar-refractivity contribution >= 4 is 17.9 Å². The van der Waals surface area contributed by atoms with E-state index in [1.54, 1.807) is 31.2 Å². The van der Waals surface area contributed by atoms with E-state index in [9.17, 15) is 14.4 Å². The first-order valence-electron chi connectivity index (χ1n) is 9.01. The highest BCUT2D eigenvalue weighted by Gasteiger charge is 2.51. The van der Waals surface area contributed by atoms with Gasteiger partial charge in [-0.15, -0.1) is 0 Å². The molecular weight excluding hydrogens is 382 g/mol. The Morgan fingerprint density at radius 1 is 0.931 bits per heavy atom. The molecule has 9 nitrogen and oxygen atoms in total. The third kappa shape index (κ3) is 6.19. The molecule has 5 unspecified atom stereocenters. The number of ether oxygens (including phenoxy) is 5. The van der Waals surface area contributed by atoms with E-state index in [1.807, 2.05) is 0 Å². The Balaban J connectivity index is 2.31. The number of nitrogens with zero attached hydrogens (tertiary/aromatic N) is 1. The van der Waals surface area contributed by atoms with Crippen LogP contribution in [0.3, 0.4) is 0 Å². The van der Waals surface area contributed by atoms with Gasteiger partial charge in [-0.1, -0.05) is 12.1 Å². The molecule has 0 N–H and O–H groups in total. The van der Waals surface area contributed by atoms with Crippen LogP contribution in [0.25, 0.3) is 0 Å². The maximum atomic E-state index is 11.7. The van der Waals surface area contributed by atoms with Crippen LogP contribution in [-0.2, 0) is 39.8 Å². The number of hydrogen-bond donors (Lipinski definition) is 0. The number of hydrogen-bond acceptors (Lipinski definition) is 9. The molecule has 1 aromatic rings. The molecule has 0 radical (unpaired) electrons. The Morgan fingerprint density at radius 3 is 1.97 bits per heavy atom. The van der Waals surface area contributed by atoms with Crippen molar-refractivity contribution in [2.75, 3.05) is 0 Å². The normalized spacial score (nSPS) is 26.0. The molecule has 5 atom stereocenters. The molecule has 0 spiro atoms. The Kier molecular flexibility index (Phi) is 7.56. The number of carbonyl (C=O) groups excluding carboxylic acids is 3. The van der Waals surface area contributed by atoms with E-state index in [0.29, 0.717) is 5.75 Å². The third-order valence-electron chi connectivity index (χ3n) is 4.09. The highest BCUT2D eigenvalue weighted by Crippen LogP contribution is 2.30. The van der Waals surface area contributed by atoms with E-state index < -0.39 is 48.6 Å². The monoisotopic (exact) mass is 405 g/mol. The summed E-state index contributed by atoms with van der Waals surface area (Å²) in [5.74, 6) is -1.49. The molecule has 1 saturated heterocycles. The first kappa shape index (κ1) is 22.2. The average Bonchev–Trinajstić information content (AvgIpc) is 2.62. The number of nitriles is 1. The largest absolute Gasteiger partial charge is 0.461 e. The molecule has 0 amide bonds. The van der Waals surface area contributed by atoms with E-state index in [4.69, 9.17) is 28.9 Å². The summed E-state index contributed by atoms with van der Waals surface area (Å²) in [5.41, 5.74) is 0.807. The van der Waals surface area contributed by atoms with Crippen LogP contribution in [0.5, 0.6) is 5.75 Å². The van der Waals surface area contributed by atoms with Crippen molar-refractivity contribution in [3.8, 4) is 11.8 Å². The predicted octanol–water partition coefficient (Wildman–Crippen LogP) is 1.67. The second-order valence-corrected chi connectivity index (χ2v) is 6.53. The van der Waals surface area contributed by atoms with Gasteiger partial charge in [0.1, 0.15) is 5.75 Å². The van der Waals surface area contributed by atoms with Crippen molar-refractivity contribution in [2.45, 2.75) is 64.8 Å². The van der Waals surface area contributed by atoms with Crippen molar-refractivity contribution < 1.29 is 38.1 Å². The molecule has 156 valence electrons. The molecule has 0 bridgehead atoms. The number of benzene rings is 1. The Labute approximate surface area is 168 Å². The summed E-state index contributed by atoms with van der Waals surface area (Å²) in [6, 6.07) is 8.78. The van der Waals surface area contributed by atoms with Crippen LogP contribution in [-0.4, -0.2) is 48.6 Å². The smallest absolute Gasteiger partial charge is 0.303 e. The summed E-state index contributed by atoms with van der Waals surface area (Å²) in [4.78, 5) is 34.8. The first-order chi connectivity index (χ1) is 13.7. The summed E-state index contributed by atoms with van der Waals surface area (Å²) in [6.07, 6.45) is -4.85. The zero-order valence-electron chi connectivity index (χ0n) is 16.6. The second kappa shape index (κ2) is 9.89. The SMILES string of the molecule is CC(=O)OC1C(C)OC(Oc2ccc(CC#N)cc2)C(OC(C)=O)C1OC(C)=O. The molecule has 1 aliphatic heterocycles. The first-order valence-corrected chi connectivity index (χ1v) is 9.01. The summed E-state index contributed by atoms with van der Waals surface area (Å²) in [5, 5.41) is 8.76. The molecule has 1 fully saturated rings. The van der Waals surface area contributed by atoms with E-state index in [0.717, 1.165) is 5.56 Å². The topological polar surface area (TPSA) is 121 Å². The highest BCUT2D eigenvalue weighted by molar-refractivity contribution is 5.68. The van der Waals surface area contributed by atoms with Crippen molar-refractivity contribution in [1.82, 2.24) is 0 Å². The van der Waals surface area contributed by atoms with Crippen LogP contribution >= 0.6 is 0 Å². The minimum absolute atomic E-state index is 0.256. The molecule has 1 heterocycles. The number of rotatable bonds is 6. The molecular formula is C20H23NO8. The van der Waals surface area contributed by atoms with Crippen molar-refractivity contribution in [2.24, 2.45) is 0 Å². The van der Waals surface area contributed by atoms with E-state index in [1.165, 1.54) is 20.8 Å². The molecule has 9 heteroatoms. The number of carbonyl (C=O) groups is 3. The minimum atomic E-state index is -1.17. The highest BCUT2D eigenvalue weighted by atomic mass is 16.7. The molecule has 1 aliphatic rings. The predicted molar refractivity (Wildman–Crippen MR) is 97.4 cm³/mol. The lowest BCUT2D eigenvalue weighted by Crippen LogP contribution is -2.62. The fourth-order valence-corrected chi connectivity index (χ4v) is 2.98. The molecule has 1 aromatic carbocycles. The van der Waals surface area contributed by atoms with Crippen molar-refractivity contribution in [3.63, 3.8) is 0 Å². The van der Waals surface area contributed by atoms with Crippen LogP contribution in [0.4, 0.5) is 0 Å². The fourth-order valence-electron chi connectivity index (χ4n) is 2.98. The molecule has 0 saturated carbocycles. The number of esters is 3. The van der Waals surface area contributed by atoms with Gasteiger partial charge in [0, 0.05) is 20.8 Å². The zero-order valence-corrected chi connectivity index (χ0v) is 16.6. The van der Waals surface area contributed by atoms with Gasteiger partial charge in [-0.25, -0.2) is 0 Å². The maximum Gasteiger partial charge on any atom is 0.303 e. The Bertz CT molecular complexity index is 785. The van der Waals surface area contributed by atoms with Crippen molar-refractivity contribution in [3.05, 3.63) is 29.8 Å². The van der Waals surface area contributed by atoms with Crippen LogP contribution in [0.2, 0.25) is 0 Å². The molecule has 0 aromatic heterocycles. The zero-order chi connectivity index (χ0) is 21.6. The average molecular weight is 405 g/mol. The molecule has 2 rings (SSSR count). The van der Waals surface area contributed by atoms with Gasteiger partial charge in [-0.3, -0.25) is 14.4 Å². The van der Waals surface area contributed by atoms with Crippen LogP contribution in [0, 0.1) is 11.3 Å². The lowest BCUT2D eigenvalue weighted by Gasteiger charge is -2.43. The van der Waals surface area contributed by atoms with Crippen LogP contribution in [0.15, 0.2) is 24.3 Å². The quantitative estimate of drug-likeness (QED) is 0.514. The summed E-state index contributed by atoms with van der Waals surface area (Å²) >= 11 is 0. The summed E-state index contributed by atoms with van der Waals surface area (Å²) in [7, 11) is 0. The lowest BCUT2D eigenvalue weighted by molar-refractivity contribution is -0.280. The van der Waals surface area contributed by atoms with Gasteiger partial charge >= 0.3 is 17.9 Å². The fraction of sp³-hybridized carbons (Fsp3) is 0.500. The standard InChI is InChI=1S/C20H23NO8/c1-11-17(26-12(2)22)18(27-13(3)23)19(28-14(4)24)20(25-11)29-16-7-5-15(6-8-16)9-10-21/h5-8,11,17-20H,9H2,1-4H3. The minimum Gasteiger partial charge on any atom is -0.461 e. The second-order valence-electron chi connectivity index (χ2n) is 6.53. The Morgan fingerprint density at radius 2 is 1.45 bits per heavy atom. The van der Waals surface area contributed by atoms with Crippen LogP contribution < -0.4 is 4.74 Å². The van der Waals surface area contributed by atoms with Gasteiger partial charge in [0.2, 0.25) is 12.4 Å². The van der Waals surface area contributed by atoms with E-state index >= 15 is 0 Å². The van der Waals surface area contributed by atoms with Gasteiger partial charge in [0.25, 0.3) is 0 Å². The van der Waals surface area contributed by atoms with E-state index in [-0.39, 0.29) is 6.42 Å². The molecule has 29 heavy (non-hydrogen) atoms. The van der Waals surface area contributed by atoms with Gasteiger partial charge in [0.05, 0.1) is 18.6 Å². The van der Waals surface area contributed by atoms with E-state index in [2.05, 4.69) is 6.07 Å². The summed E-state index contributed by atoms with van der Waals surface area (Å²) in [6.45, 7) is 5.22. The van der Waals surface area contributed by atoms with Gasteiger partial charge in [-0.2, -0.15) is 5.26 Å². The lowest BCUT2D eigenvalue weighted by atomic mass is 9.99. The Hall–Kier alpha value is -3.12. The van der Waals surface area contributed by atoms with Gasteiger partial charge in [0.15, 0.2) is 12.2 Å². The van der Waals surface area contributed by atoms with Crippen molar-refractivity contribution in [1.29, 1.82) is 5.26 Å². The van der Waals surface area contributed by atoms with Gasteiger partial charge < -0.3 is 23.7 Å². The van der Waals surface area contributed by atoms with Crippen LogP contribution in [0.1, 0.15) is 33.3 Å². The summed E-state index contributed by atoms with van der Waals surface area (Å²) < 4.78 is 27.5. The maximum absolute atomic E-state index is 11.7.